The van der Waals surface area contributed by atoms with Crippen molar-refractivity contribution in [3.63, 3.8) is 0 Å². The van der Waals surface area contributed by atoms with Gasteiger partial charge in [0, 0.05) is 5.69 Å². The van der Waals surface area contributed by atoms with Crippen LogP contribution in [0, 0.1) is 5.92 Å². The highest BCUT2D eigenvalue weighted by atomic mass is 16.2. The van der Waals surface area contributed by atoms with Gasteiger partial charge < -0.3 is 10.6 Å². The van der Waals surface area contributed by atoms with Gasteiger partial charge in [0.25, 0.3) is 17.7 Å². The molecule has 170 valence electrons. The van der Waals surface area contributed by atoms with E-state index in [1.807, 2.05) is 13.8 Å². The summed E-state index contributed by atoms with van der Waals surface area (Å²) < 4.78 is 0. The summed E-state index contributed by atoms with van der Waals surface area (Å²) in [5.41, 5.74) is 0.129. The Kier molecular flexibility index (Phi) is 5.49. The van der Waals surface area contributed by atoms with Crippen molar-refractivity contribution in [2.45, 2.75) is 38.8 Å². The summed E-state index contributed by atoms with van der Waals surface area (Å²) in [7, 11) is 0. The molecule has 33 heavy (non-hydrogen) atoms. The Hall–Kier alpha value is -4.01. The molecular formula is C24H24N4O5. The lowest BCUT2D eigenvalue weighted by molar-refractivity contribution is -0.123. The summed E-state index contributed by atoms with van der Waals surface area (Å²) in [5, 5.41) is 7.56. The minimum absolute atomic E-state index is 0.0349. The number of fused-ring (bicyclic) bond motifs is 1. The van der Waals surface area contributed by atoms with Gasteiger partial charge in [0.2, 0.25) is 5.91 Å². The fraction of sp³-hybridized carbons (Fsp3) is 0.292. The van der Waals surface area contributed by atoms with Crippen LogP contribution in [0.5, 0.6) is 0 Å². The van der Waals surface area contributed by atoms with Crippen molar-refractivity contribution < 1.29 is 24.0 Å². The highest BCUT2D eigenvalue weighted by molar-refractivity contribution is 6.23. The molecule has 0 spiro atoms. The van der Waals surface area contributed by atoms with Gasteiger partial charge in [0.05, 0.1) is 11.1 Å². The van der Waals surface area contributed by atoms with Crippen LogP contribution in [0.2, 0.25) is 0 Å². The molecule has 0 aliphatic carbocycles. The predicted octanol–water partition coefficient (Wildman–Crippen LogP) is 2.39. The molecule has 0 saturated carbocycles. The first-order valence-electron chi connectivity index (χ1n) is 10.6. The Morgan fingerprint density at radius 3 is 2.18 bits per heavy atom. The third kappa shape index (κ3) is 3.86. The van der Waals surface area contributed by atoms with E-state index in [0.717, 1.165) is 4.90 Å². The normalized spacial score (nSPS) is 20.5. The molecule has 1 fully saturated rings. The molecule has 3 N–H and O–H groups in total. The van der Waals surface area contributed by atoms with Crippen LogP contribution in [0.15, 0.2) is 48.5 Å². The van der Waals surface area contributed by atoms with Crippen LogP contribution in [0.4, 0.5) is 10.5 Å². The highest BCUT2D eigenvalue weighted by Gasteiger charge is 2.44. The zero-order valence-electron chi connectivity index (χ0n) is 18.5. The molecule has 0 bridgehead atoms. The van der Waals surface area contributed by atoms with Crippen LogP contribution in [-0.4, -0.2) is 40.6 Å². The summed E-state index contributed by atoms with van der Waals surface area (Å²) >= 11 is 0. The minimum Gasteiger partial charge on any atom is -0.324 e. The molecular weight excluding hydrogens is 424 g/mol. The van der Waals surface area contributed by atoms with E-state index in [9.17, 15) is 24.0 Å². The number of anilines is 1. The predicted molar refractivity (Wildman–Crippen MR) is 119 cm³/mol. The lowest BCUT2D eigenvalue weighted by atomic mass is 9.92. The van der Waals surface area contributed by atoms with Crippen molar-refractivity contribution in [3.05, 3.63) is 65.2 Å². The van der Waals surface area contributed by atoms with E-state index in [2.05, 4.69) is 16.0 Å². The Morgan fingerprint density at radius 1 is 1.00 bits per heavy atom. The number of amides is 6. The molecule has 9 heteroatoms. The molecule has 2 unspecified atom stereocenters. The molecule has 2 aliphatic rings. The van der Waals surface area contributed by atoms with Gasteiger partial charge in [0.15, 0.2) is 0 Å². The fourth-order valence-electron chi connectivity index (χ4n) is 4.15. The van der Waals surface area contributed by atoms with Gasteiger partial charge in [-0.15, -0.1) is 0 Å². The third-order valence-corrected chi connectivity index (χ3v) is 5.89. The van der Waals surface area contributed by atoms with E-state index < -0.39 is 41.2 Å². The standard InChI is InChI=1S/C24H24N4O5/c1-13(2)11-18(28-20(30)16-9-4-5-10-17(16)21(28)31)19(29)25-15-8-6-7-14(12-15)24(3)22(32)26-23(33)27-24/h4-10,12-13,18H,11H2,1-3H3,(H,25,29)(H2,26,27,32,33). The number of nitrogens with zero attached hydrogens (tertiary/aromatic N) is 1. The van der Waals surface area contributed by atoms with E-state index in [1.165, 1.54) is 0 Å². The number of imide groups is 2. The van der Waals surface area contributed by atoms with E-state index in [-0.39, 0.29) is 23.5 Å². The number of rotatable bonds is 6. The molecule has 2 aliphatic heterocycles. The molecule has 0 aromatic heterocycles. The van der Waals surface area contributed by atoms with Gasteiger partial charge in [-0.3, -0.25) is 29.4 Å². The Balaban J connectivity index is 1.61. The molecule has 2 atom stereocenters. The lowest BCUT2D eigenvalue weighted by Gasteiger charge is -2.27. The van der Waals surface area contributed by atoms with Crippen LogP contribution >= 0.6 is 0 Å². The second-order valence-corrected chi connectivity index (χ2v) is 8.77. The molecule has 4 rings (SSSR count). The molecule has 1 saturated heterocycles. The van der Waals surface area contributed by atoms with Crippen molar-refractivity contribution in [1.29, 1.82) is 0 Å². The first-order valence-corrected chi connectivity index (χ1v) is 10.6. The van der Waals surface area contributed by atoms with Gasteiger partial charge in [-0.1, -0.05) is 38.1 Å². The maximum atomic E-state index is 13.3. The number of nitrogens with one attached hydrogen (secondary N) is 3. The number of urea groups is 1. The largest absolute Gasteiger partial charge is 0.324 e. The van der Waals surface area contributed by atoms with E-state index in [1.54, 1.807) is 55.5 Å². The summed E-state index contributed by atoms with van der Waals surface area (Å²) in [5.74, 6) is -1.97. The Bertz CT molecular complexity index is 1160. The summed E-state index contributed by atoms with van der Waals surface area (Å²) in [6.45, 7) is 5.37. The second kappa shape index (κ2) is 8.16. The quantitative estimate of drug-likeness (QED) is 0.462. The first-order chi connectivity index (χ1) is 15.6. The van der Waals surface area contributed by atoms with Crippen molar-refractivity contribution >= 4 is 35.3 Å². The fourth-order valence-corrected chi connectivity index (χ4v) is 4.15. The van der Waals surface area contributed by atoms with Gasteiger partial charge in [-0.05, 0) is 49.1 Å². The number of hydrogen-bond donors (Lipinski definition) is 3. The van der Waals surface area contributed by atoms with E-state index in [4.69, 9.17) is 0 Å². The summed E-state index contributed by atoms with van der Waals surface area (Å²) in [6.07, 6.45) is 0.285. The minimum atomic E-state index is -1.28. The number of carbonyl (C=O) groups excluding carboxylic acids is 5. The van der Waals surface area contributed by atoms with Crippen molar-refractivity contribution in [3.8, 4) is 0 Å². The summed E-state index contributed by atoms with van der Waals surface area (Å²) in [6, 6.07) is 11.4. The number of hydrogen-bond acceptors (Lipinski definition) is 5. The smallest absolute Gasteiger partial charge is 0.322 e. The monoisotopic (exact) mass is 448 g/mol. The average Bonchev–Trinajstić information content (AvgIpc) is 3.18. The molecule has 0 radical (unpaired) electrons. The number of carbonyl (C=O) groups is 5. The Labute approximate surface area is 190 Å². The molecule has 2 heterocycles. The lowest BCUT2D eigenvalue weighted by Crippen LogP contribution is -2.48. The topological polar surface area (TPSA) is 125 Å². The van der Waals surface area contributed by atoms with Crippen LogP contribution in [-0.2, 0) is 15.1 Å². The zero-order chi connectivity index (χ0) is 23.9. The maximum absolute atomic E-state index is 13.3. The van der Waals surface area contributed by atoms with Gasteiger partial charge >= 0.3 is 6.03 Å². The van der Waals surface area contributed by atoms with Gasteiger partial charge in [-0.25, -0.2) is 4.79 Å². The Morgan fingerprint density at radius 2 is 1.64 bits per heavy atom. The van der Waals surface area contributed by atoms with E-state index in [0.29, 0.717) is 11.3 Å². The van der Waals surface area contributed by atoms with Gasteiger partial charge in [-0.2, -0.15) is 0 Å². The SMILES string of the molecule is CC(C)CC(C(=O)Nc1cccc(C2(C)NC(=O)NC2=O)c1)N1C(=O)c2ccccc2C1=O. The maximum Gasteiger partial charge on any atom is 0.322 e. The molecule has 2 aromatic rings. The van der Waals surface area contributed by atoms with Crippen LogP contribution < -0.4 is 16.0 Å². The first kappa shape index (κ1) is 22.2. The number of benzene rings is 2. The highest BCUT2D eigenvalue weighted by Crippen LogP contribution is 2.29. The van der Waals surface area contributed by atoms with Crippen molar-refractivity contribution in [2.75, 3.05) is 5.32 Å². The zero-order valence-corrected chi connectivity index (χ0v) is 18.5. The molecule has 2 aromatic carbocycles. The van der Waals surface area contributed by atoms with Crippen molar-refractivity contribution in [1.82, 2.24) is 15.5 Å². The van der Waals surface area contributed by atoms with Crippen LogP contribution in [0.25, 0.3) is 0 Å². The van der Waals surface area contributed by atoms with E-state index >= 15 is 0 Å². The van der Waals surface area contributed by atoms with Crippen LogP contribution in [0.3, 0.4) is 0 Å². The summed E-state index contributed by atoms with van der Waals surface area (Å²) in [4.78, 5) is 64.1. The second-order valence-electron chi connectivity index (χ2n) is 8.77. The van der Waals surface area contributed by atoms with Crippen molar-refractivity contribution in [2.24, 2.45) is 5.92 Å². The van der Waals surface area contributed by atoms with Crippen LogP contribution in [0.1, 0.15) is 53.5 Å². The molecule has 9 nitrogen and oxygen atoms in total. The van der Waals surface area contributed by atoms with Gasteiger partial charge in [0.1, 0.15) is 11.6 Å². The molecule has 6 amide bonds. The average molecular weight is 448 g/mol. The third-order valence-electron chi connectivity index (χ3n) is 5.89.